The average Bonchev–Trinajstić information content (AvgIpc) is 3.13. The molecule has 2 aromatic carbocycles. The fraction of sp³-hybridized carbons (Fsp3) is 0.364. The Bertz CT molecular complexity index is 840. The molecule has 0 unspecified atom stereocenters. The molecule has 0 saturated carbocycles. The van der Waals surface area contributed by atoms with E-state index in [1.165, 1.54) is 5.56 Å². The fourth-order valence-electron chi connectivity index (χ4n) is 3.76. The van der Waals surface area contributed by atoms with E-state index in [2.05, 4.69) is 35.6 Å². The zero-order valence-corrected chi connectivity index (χ0v) is 15.6. The lowest BCUT2D eigenvalue weighted by Gasteiger charge is -2.37. The molecule has 2 aromatic rings. The van der Waals surface area contributed by atoms with Crippen molar-refractivity contribution in [2.24, 2.45) is 5.16 Å². The number of likely N-dealkylation sites (tertiary alicyclic amines) is 1. The number of amides is 2. The number of carbonyl (C=O) groups excluding carboxylic acids is 1. The molecule has 0 bridgehead atoms. The maximum Gasteiger partial charge on any atom is 0.321 e. The molecular weight excluding hydrogens is 338 g/mol. The van der Waals surface area contributed by atoms with Gasteiger partial charge in [-0.15, -0.1) is 0 Å². The van der Waals surface area contributed by atoms with Gasteiger partial charge in [-0.1, -0.05) is 54.5 Å². The number of carbonyl (C=O) groups is 1. The van der Waals surface area contributed by atoms with E-state index in [0.29, 0.717) is 13.1 Å². The lowest BCUT2D eigenvalue weighted by atomic mass is 9.85. The summed E-state index contributed by atoms with van der Waals surface area (Å²) < 4.78 is 0. The summed E-state index contributed by atoms with van der Waals surface area (Å²) in [7, 11) is 0. The van der Waals surface area contributed by atoms with E-state index in [1.807, 2.05) is 41.3 Å². The first-order chi connectivity index (χ1) is 13.2. The zero-order valence-electron chi connectivity index (χ0n) is 15.6. The molecule has 1 fully saturated rings. The van der Waals surface area contributed by atoms with E-state index in [1.54, 1.807) is 0 Å². The van der Waals surface area contributed by atoms with Gasteiger partial charge in [-0.05, 0) is 29.7 Å². The van der Waals surface area contributed by atoms with Crippen LogP contribution in [0.3, 0.4) is 0 Å². The second-order valence-corrected chi connectivity index (χ2v) is 7.33. The highest BCUT2D eigenvalue weighted by atomic mass is 16.7. The molecule has 2 aliphatic heterocycles. The van der Waals surface area contributed by atoms with Crippen molar-refractivity contribution in [3.8, 4) is 0 Å². The highest BCUT2D eigenvalue weighted by molar-refractivity contribution is 6.01. The predicted molar refractivity (Wildman–Crippen MR) is 107 cm³/mol. The number of aryl methyl sites for hydroxylation is 1. The minimum Gasteiger partial charge on any atom is -0.388 e. The normalized spacial score (nSPS) is 18.1. The molecule has 5 heteroatoms. The van der Waals surface area contributed by atoms with Crippen molar-refractivity contribution in [2.75, 3.05) is 18.4 Å². The minimum absolute atomic E-state index is 0.0414. The van der Waals surface area contributed by atoms with Crippen LogP contribution in [0.15, 0.2) is 59.8 Å². The SMILES string of the molecule is CCc1cccc(NC(=O)N2CCC3(CC2)CC(c2ccccc2)=NO3)c1. The molecule has 140 valence electrons. The molecule has 27 heavy (non-hydrogen) atoms. The first kappa shape index (κ1) is 17.6. The van der Waals surface area contributed by atoms with Crippen molar-refractivity contribution in [3.05, 3.63) is 65.7 Å². The standard InChI is InChI=1S/C22H25N3O2/c1-2-17-7-6-10-19(15-17)23-21(26)25-13-11-22(12-14-25)16-20(24-27-22)18-8-4-3-5-9-18/h3-10,15H,2,11-14,16H2,1H3,(H,23,26). The highest BCUT2D eigenvalue weighted by Crippen LogP contribution is 2.36. The topological polar surface area (TPSA) is 53.9 Å². The largest absolute Gasteiger partial charge is 0.388 e. The van der Waals surface area contributed by atoms with Gasteiger partial charge in [-0.3, -0.25) is 0 Å². The average molecular weight is 363 g/mol. The monoisotopic (exact) mass is 363 g/mol. The molecule has 1 spiro atoms. The van der Waals surface area contributed by atoms with Crippen LogP contribution in [0, 0.1) is 0 Å². The second kappa shape index (κ2) is 7.43. The molecule has 0 aromatic heterocycles. The first-order valence-corrected chi connectivity index (χ1v) is 9.63. The van der Waals surface area contributed by atoms with Crippen molar-refractivity contribution >= 4 is 17.4 Å². The summed E-state index contributed by atoms with van der Waals surface area (Å²) in [5.74, 6) is 0. The third kappa shape index (κ3) is 3.82. The molecule has 2 heterocycles. The van der Waals surface area contributed by atoms with Gasteiger partial charge in [-0.2, -0.15) is 0 Å². The van der Waals surface area contributed by atoms with E-state index in [4.69, 9.17) is 4.84 Å². The zero-order chi connectivity index (χ0) is 18.7. The number of anilines is 1. The van der Waals surface area contributed by atoms with E-state index in [9.17, 15) is 4.79 Å². The summed E-state index contributed by atoms with van der Waals surface area (Å²) in [6.07, 6.45) is 3.37. The highest BCUT2D eigenvalue weighted by Gasteiger charge is 2.43. The van der Waals surface area contributed by atoms with Gasteiger partial charge >= 0.3 is 6.03 Å². The van der Waals surface area contributed by atoms with Crippen LogP contribution in [-0.2, 0) is 11.3 Å². The maximum atomic E-state index is 12.6. The van der Waals surface area contributed by atoms with Gasteiger partial charge in [-0.25, -0.2) is 4.79 Å². The summed E-state index contributed by atoms with van der Waals surface area (Å²) in [5.41, 5.74) is 3.93. The molecule has 1 saturated heterocycles. The molecule has 0 aliphatic carbocycles. The summed E-state index contributed by atoms with van der Waals surface area (Å²) in [5, 5.41) is 7.35. The molecular formula is C22H25N3O2. The molecule has 4 rings (SSSR count). The Labute approximate surface area is 160 Å². The number of hydrogen-bond acceptors (Lipinski definition) is 3. The van der Waals surface area contributed by atoms with Crippen LogP contribution in [-0.4, -0.2) is 35.3 Å². The number of rotatable bonds is 3. The maximum absolute atomic E-state index is 12.6. The lowest BCUT2D eigenvalue weighted by Crippen LogP contribution is -2.48. The fourth-order valence-corrected chi connectivity index (χ4v) is 3.76. The Morgan fingerprint density at radius 2 is 1.93 bits per heavy atom. The van der Waals surface area contributed by atoms with E-state index >= 15 is 0 Å². The van der Waals surface area contributed by atoms with Gasteiger partial charge in [0.2, 0.25) is 0 Å². The van der Waals surface area contributed by atoms with Crippen LogP contribution in [0.5, 0.6) is 0 Å². The lowest BCUT2D eigenvalue weighted by molar-refractivity contribution is -0.0544. The van der Waals surface area contributed by atoms with Crippen molar-refractivity contribution in [3.63, 3.8) is 0 Å². The van der Waals surface area contributed by atoms with Gasteiger partial charge in [0.15, 0.2) is 0 Å². The van der Waals surface area contributed by atoms with Crippen LogP contribution in [0.25, 0.3) is 0 Å². The summed E-state index contributed by atoms with van der Waals surface area (Å²) in [4.78, 5) is 20.3. The second-order valence-electron chi connectivity index (χ2n) is 7.33. The molecule has 1 N–H and O–H groups in total. The minimum atomic E-state index is -0.260. The van der Waals surface area contributed by atoms with Crippen molar-refractivity contribution in [1.82, 2.24) is 4.90 Å². The molecule has 2 aliphatic rings. The number of hydrogen-bond donors (Lipinski definition) is 1. The van der Waals surface area contributed by atoms with Gasteiger partial charge in [0.05, 0.1) is 5.71 Å². The number of piperidine rings is 1. The molecule has 0 radical (unpaired) electrons. The summed E-state index contributed by atoms with van der Waals surface area (Å²) in [6.45, 7) is 3.46. The quantitative estimate of drug-likeness (QED) is 0.876. The van der Waals surface area contributed by atoms with E-state index in [-0.39, 0.29) is 11.6 Å². The van der Waals surface area contributed by atoms with Crippen LogP contribution in [0.1, 0.15) is 37.3 Å². The Balaban J connectivity index is 1.33. The first-order valence-electron chi connectivity index (χ1n) is 9.63. The van der Waals surface area contributed by atoms with Gasteiger partial charge in [0.1, 0.15) is 5.60 Å². The summed E-state index contributed by atoms with van der Waals surface area (Å²) in [6, 6.07) is 18.1. The number of nitrogens with zero attached hydrogens (tertiary/aromatic N) is 2. The molecule has 2 amide bonds. The molecule has 5 nitrogen and oxygen atoms in total. The predicted octanol–water partition coefficient (Wildman–Crippen LogP) is 4.44. The van der Waals surface area contributed by atoms with Gasteiger partial charge < -0.3 is 15.1 Å². The van der Waals surface area contributed by atoms with Crippen molar-refractivity contribution < 1.29 is 9.63 Å². The van der Waals surface area contributed by atoms with Gasteiger partial charge in [0.25, 0.3) is 0 Å². The van der Waals surface area contributed by atoms with Crippen LogP contribution < -0.4 is 5.32 Å². The third-order valence-corrected chi connectivity index (χ3v) is 5.49. The summed E-state index contributed by atoms with van der Waals surface area (Å²) >= 11 is 0. The smallest absolute Gasteiger partial charge is 0.321 e. The Morgan fingerprint density at radius 1 is 1.15 bits per heavy atom. The van der Waals surface area contributed by atoms with Crippen LogP contribution in [0.4, 0.5) is 10.5 Å². The number of nitrogens with one attached hydrogen (secondary N) is 1. The number of benzene rings is 2. The van der Waals surface area contributed by atoms with E-state index in [0.717, 1.165) is 42.6 Å². The molecule has 0 atom stereocenters. The van der Waals surface area contributed by atoms with E-state index < -0.39 is 0 Å². The Morgan fingerprint density at radius 3 is 2.67 bits per heavy atom. The number of oxime groups is 1. The third-order valence-electron chi connectivity index (χ3n) is 5.49. The van der Waals surface area contributed by atoms with Crippen molar-refractivity contribution in [1.29, 1.82) is 0 Å². The number of urea groups is 1. The van der Waals surface area contributed by atoms with Crippen molar-refractivity contribution in [2.45, 2.75) is 38.2 Å². The van der Waals surface area contributed by atoms with Crippen LogP contribution in [0.2, 0.25) is 0 Å². The Hall–Kier alpha value is -2.82. The van der Waals surface area contributed by atoms with Gasteiger partial charge in [0, 0.05) is 38.0 Å². The Kier molecular flexibility index (Phi) is 4.84. The van der Waals surface area contributed by atoms with Crippen LogP contribution >= 0.6 is 0 Å².